The van der Waals surface area contributed by atoms with Crippen LogP contribution in [-0.2, 0) is 23.6 Å². The van der Waals surface area contributed by atoms with Crippen molar-refractivity contribution >= 4 is 34.0 Å². The summed E-state index contributed by atoms with van der Waals surface area (Å²) >= 11 is 0. The third-order valence-corrected chi connectivity index (χ3v) is 6.00. The zero-order valence-corrected chi connectivity index (χ0v) is 20.8. The van der Waals surface area contributed by atoms with Crippen LogP contribution in [0.15, 0.2) is 54.7 Å². The van der Waals surface area contributed by atoms with Crippen LogP contribution in [0.4, 0.5) is 31.1 Å². The molecule has 2 heterocycles. The predicted octanol–water partition coefficient (Wildman–Crippen LogP) is 6.98. The van der Waals surface area contributed by atoms with Crippen molar-refractivity contribution in [1.82, 2.24) is 14.9 Å². The molecule has 39 heavy (non-hydrogen) atoms. The highest BCUT2D eigenvalue weighted by molar-refractivity contribution is 6.09. The number of alkyl halides is 6. The Morgan fingerprint density at radius 1 is 1.00 bits per heavy atom. The number of pyridine rings is 1. The lowest BCUT2D eigenvalue weighted by Crippen LogP contribution is -2.28. The van der Waals surface area contributed by atoms with E-state index in [4.69, 9.17) is 9.47 Å². The van der Waals surface area contributed by atoms with E-state index < -0.39 is 29.6 Å². The predicted molar refractivity (Wildman–Crippen MR) is 133 cm³/mol. The van der Waals surface area contributed by atoms with Crippen LogP contribution in [0, 0.1) is 6.92 Å². The minimum Gasteiger partial charge on any atom is -0.497 e. The highest BCUT2D eigenvalue weighted by atomic mass is 19.4. The van der Waals surface area contributed by atoms with Gasteiger partial charge in [-0.2, -0.15) is 26.3 Å². The molecule has 0 aliphatic heterocycles. The number of carbonyl (C=O) groups excluding carboxylic acids is 1. The molecule has 0 saturated heterocycles. The Labute approximate surface area is 218 Å². The normalized spacial score (nSPS) is 12.4. The number of halogens is 6. The molecule has 4 rings (SSSR count). The molecule has 206 valence electrons. The fourth-order valence-corrected chi connectivity index (χ4v) is 4.26. The van der Waals surface area contributed by atoms with Crippen LogP contribution < -0.4 is 10.1 Å². The molecule has 12 heteroatoms. The molecule has 4 aromatic rings. The second kappa shape index (κ2) is 10.9. The third kappa shape index (κ3) is 6.27. The lowest BCUT2D eigenvalue weighted by molar-refractivity contribution is -0.143. The van der Waals surface area contributed by atoms with Gasteiger partial charge in [0.05, 0.1) is 35.0 Å². The monoisotopic (exact) mass is 551 g/mol. The molecule has 0 aliphatic carbocycles. The molecule has 1 N–H and O–H groups in total. The van der Waals surface area contributed by atoms with E-state index in [2.05, 4.69) is 10.3 Å². The first kappa shape index (κ1) is 27.8. The quantitative estimate of drug-likeness (QED) is 0.252. The first-order valence-corrected chi connectivity index (χ1v) is 11.7. The van der Waals surface area contributed by atoms with Crippen molar-refractivity contribution in [2.45, 2.75) is 25.8 Å². The van der Waals surface area contributed by atoms with Crippen LogP contribution in [-0.4, -0.2) is 35.9 Å². The standard InChI is InChI=1S/C27H23F6N3O3/c1-16-24-22(7-8-34-16)21-6-5-20(38-2)15-23(21)36(24)10-9-35-25(37)39-11-3-4-17-12-18(26(28,29)30)14-19(13-17)27(31,32)33/h3-8,12-15H,9-11H2,1-2H3,(H,35,37)/b4-3+. The Bertz CT molecular complexity index is 1510. The van der Waals surface area contributed by atoms with E-state index in [0.29, 0.717) is 24.4 Å². The van der Waals surface area contributed by atoms with Crippen LogP contribution in [0.25, 0.3) is 27.9 Å². The number of fused-ring (bicyclic) bond motifs is 3. The fraction of sp³-hybridized carbons (Fsp3) is 0.259. The van der Waals surface area contributed by atoms with Gasteiger partial charge >= 0.3 is 18.4 Å². The number of aryl methyl sites for hydroxylation is 1. The van der Waals surface area contributed by atoms with E-state index in [1.807, 2.05) is 35.8 Å². The van der Waals surface area contributed by atoms with E-state index in [0.717, 1.165) is 39.7 Å². The van der Waals surface area contributed by atoms with Gasteiger partial charge in [-0.15, -0.1) is 0 Å². The number of methoxy groups -OCH3 is 1. The Hall–Kier alpha value is -4.22. The summed E-state index contributed by atoms with van der Waals surface area (Å²) in [7, 11) is 1.56. The molecule has 0 atom stereocenters. The number of nitrogens with zero attached hydrogens (tertiary/aromatic N) is 2. The Balaban J connectivity index is 1.40. The number of rotatable bonds is 7. The Morgan fingerprint density at radius 3 is 2.33 bits per heavy atom. The van der Waals surface area contributed by atoms with Crippen LogP contribution in [0.3, 0.4) is 0 Å². The van der Waals surface area contributed by atoms with Crippen LogP contribution in [0.1, 0.15) is 22.4 Å². The Kier molecular flexibility index (Phi) is 7.75. The lowest BCUT2D eigenvalue weighted by atomic mass is 10.0. The van der Waals surface area contributed by atoms with Crippen molar-refractivity contribution in [3.05, 3.63) is 77.1 Å². The minimum atomic E-state index is -4.95. The van der Waals surface area contributed by atoms with Gasteiger partial charge in [0.15, 0.2) is 0 Å². The van der Waals surface area contributed by atoms with Gasteiger partial charge in [0.25, 0.3) is 0 Å². The number of nitrogens with one attached hydrogen (secondary N) is 1. The summed E-state index contributed by atoms with van der Waals surface area (Å²) in [5.74, 6) is 0.666. The maximum absolute atomic E-state index is 13.0. The van der Waals surface area contributed by atoms with E-state index in [-0.39, 0.29) is 24.8 Å². The van der Waals surface area contributed by atoms with Gasteiger partial charge in [-0.1, -0.05) is 6.08 Å². The molecular formula is C27H23F6N3O3. The average molecular weight is 551 g/mol. The molecule has 0 fully saturated rings. The number of hydrogen-bond acceptors (Lipinski definition) is 4. The zero-order chi connectivity index (χ0) is 28.4. The molecule has 0 aliphatic rings. The number of amides is 1. The summed E-state index contributed by atoms with van der Waals surface area (Å²) in [4.78, 5) is 16.5. The van der Waals surface area contributed by atoms with Crippen molar-refractivity contribution in [1.29, 1.82) is 0 Å². The van der Waals surface area contributed by atoms with E-state index >= 15 is 0 Å². The zero-order valence-electron chi connectivity index (χ0n) is 20.8. The summed E-state index contributed by atoms with van der Waals surface area (Å²) in [6.45, 7) is 2.06. The number of ether oxygens (including phenoxy) is 2. The lowest BCUT2D eigenvalue weighted by Gasteiger charge is -2.13. The number of aromatic nitrogens is 2. The third-order valence-electron chi connectivity index (χ3n) is 6.00. The molecule has 2 aromatic heterocycles. The minimum absolute atomic E-state index is 0.0477. The first-order chi connectivity index (χ1) is 18.4. The average Bonchev–Trinajstić information content (AvgIpc) is 3.19. The Morgan fingerprint density at radius 2 is 1.69 bits per heavy atom. The highest BCUT2D eigenvalue weighted by Gasteiger charge is 2.36. The van der Waals surface area contributed by atoms with Gasteiger partial charge in [-0.25, -0.2) is 4.79 Å². The summed E-state index contributed by atoms with van der Waals surface area (Å²) in [5, 5.41) is 4.58. The molecule has 6 nitrogen and oxygen atoms in total. The smallest absolute Gasteiger partial charge is 0.416 e. The number of hydrogen-bond donors (Lipinski definition) is 1. The second-order valence-electron chi connectivity index (χ2n) is 8.59. The van der Waals surface area contributed by atoms with Crippen molar-refractivity contribution in [3.63, 3.8) is 0 Å². The molecule has 0 radical (unpaired) electrons. The molecule has 0 unspecified atom stereocenters. The van der Waals surface area contributed by atoms with Crippen molar-refractivity contribution in [2.24, 2.45) is 0 Å². The van der Waals surface area contributed by atoms with Gasteiger partial charge in [-0.05, 0) is 55.0 Å². The maximum Gasteiger partial charge on any atom is 0.416 e. The second-order valence-corrected chi connectivity index (χ2v) is 8.59. The molecule has 2 aromatic carbocycles. The van der Waals surface area contributed by atoms with Crippen LogP contribution in [0.5, 0.6) is 5.75 Å². The highest BCUT2D eigenvalue weighted by Crippen LogP contribution is 2.36. The van der Waals surface area contributed by atoms with E-state index in [9.17, 15) is 31.1 Å². The number of benzene rings is 2. The topological polar surface area (TPSA) is 65.4 Å². The van der Waals surface area contributed by atoms with Gasteiger partial charge in [0.1, 0.15) is 12.4 Å². The summed E-state index contributed by atoms with van der Waals surface area (Å²) in [5.41, 5.74) is -0.589. The van der Waals surface area contributed by atoms with Crippen molar-refractivity contribution in [3.8, 4) is 5.75 Å². The van der Waals surface area contributed by atoms with Gasteiger partial charge in [0, 0.05) is 36.1 Å². The van der Waals surface area contributed by atoms with Gasteiger partial charge < -0.3 is 19.4 Å². The van der Waals surface area contributed by atoms with E-state index in [1.54, 1.807) is 13.3 Å². The molecule has 1 amide bonds. The maximum atomic E-state index is 13.0. The van der Waals surface area contributed by atoms with Gasteiger partial charge in [0.2, 0.25) is 0 Å². The summed E-state index contributed by atoms with van der Waals surface area (Å²) in [6.07, 6.45) is -6.79. The van der Waals surface area contributed by atoms with Crippen molar-refractivity contribution < 1.29 is 40.6 Å². The van der Waals surface area contributed by atoms with Crippen LogP contribution >= 0.6 is 0 Å². The molecule has 0 bridgehead atoms. The molecule has 0 saturated carbocycles. The largest absolute Gasteiger partial charge is 0.497 e. The van der Waals surface area contributed by atoms with Gasteiger partial charge in [-0.3, -0.25) is 4.98 Å². The van der Waals surface area contributed by atoms with E-state index in [1.165, 1.54) is 0 Å². The molecular weight excluding hydrogens is 528 g/mol. The molecule has 0 spiro atoms. The first-order valence-electron chi connectivity index (χ1n) is 11.7. The van der Waals surface area contributed by atoms with Crippen molar-refractivity contribution in [2.75, 3.05) is 20.3 Å². The van der Waals surface area contributed by atoms with Crippen LogP contribution in [0.2, 0.25) is 0 Å². The SMILES string of the molecule is COc1ccc2c3ccnc(C)c3n(CCNC(=O)OC/C=C/c3cc(C(F)(F)F)cc(C(F)(F)F)c3)c2c1. The summed E-state index contributed by atoms with van der Waals surface area (Å²) < 4.78 is 90.4. The number of carbonyl (C=O) groups is 1. The summed E-state index contributed by atoms with van der Waals surface area (Å²) in [6, 6.07) is 8.81. The fourth-order valence-electron chi connectivity index (χ4n) is 4.26. The number of alkyl carbamates (subject to hydrolysis) is 1.